The Morgan fingerprint density at radius 3 is 2.68 bits per heavy atom. The molecule has 1 amide bonds. The lowest BCUT2D eigenvalue weighted by Crippen LogP contribution is -2.46. The molecule has 2 atom stereocenters. The van der Waals surface area contributed by atoms with Gasteiger partial charge in [0, 0.05) is 6.54 Å². The van der Waals surface area contributed by atoms with E-state index < -0.39 is 18.6 Å². The summed E-state index contributed by atoms with van der Waals surface area (Å²) in [5.74, 6) is 0.658. The molecule has 0 aromatic carbocycles. The number of hydrogen-bond donors (Lipinski definition) is 2. The number of carbonyl (C=O) groups excluding carboxylic acids is 1. The molecule has 112 valence electrons. The maximum atomic E-state index is 11.9. The van der Waals surface area contributed by atoms with E-state index in [1.165, 1.54) is 0 Å². The summed E-state index contributed by atoms with van der Waals surface area (Å²) in [6, 6.07) is 0. The molecule has 2 unspecified atom stereocenters. The summed E-state index contributed by atoms with van der Waals surface area (Å²) < 4.78 is 35.8. The first-order valence-electron chi connectivity index (χ1n) is 6.20. The highest BCUT2D eigenvalue weighted by atomic mass is 35.5. The Bertz CT molecular complexity index is 314. The van der Waals surface area contributed by atoms with Crippen LogP contribution < -0.4 is 10.6 Å². The highest BCUT2D eigenvalue weighted by Gasteiger charge is 2.33. The fourth-order valence-electron chi connectivity index (χ4n) is 2.71. The quantitative estimate of drug-likeness (QED) is 0.804. The summed E-state index contributed by atoms with van der Waals surface area (Å²) in [7, 11) is 0. The van der Waals surface area contributed by atoms with Gasteiger partial charge >= 0.3 is 6.18 Å². The summed E-state index contributed by atoms with van der Waals surface area (Å²) in [6.07, 6.45) is -3.32. The Morgan fingerprint density at radius 2 is 2.00 bits per heavy atom. The molecule has 0 bridgehead atoms. The zero-order valence-corrected chi connectivity index (χ0v) is 11.3. The molecule has 0 saturated carbocycles. The molecule has 2 N–H and O–H groups in total. The molecular weight excluding hydrogens is 283 g/mol. The zero-order chi connectivity index (χ0) is 13.2. The predicted molar refractivity (Wildman–Crippen MR) is 67.2 cm³/mol. The van der Waals surface area contributed by atoms with Gasteiger partial charge in [0.05, 0.1) is 6.54 Å². The minimum Gasteiger partial charge on any atom is -0.346 e. The third-order valence-corrected chi connectivity index (χ3v) is 3.64. The normalized spacial score (nSPS) is 27.5. The number of likely N-dealkylation sites (tertiary alicyclic amines) is 1. The Morgan fingerprint density at radius 1 is 1.32 bits per heavy atom. The monoisotopic (exact) mass is 301 g/mol. The number of halogens is 4. The summed E-state index contributed by atoms with van der Waals surface area (Å²) in [6.45, 7) is 2.40. The number of hydrogen-bond acceptors (Lipinski definition) is 3. The molecule has 0 aliphatic carbocycles. The third-order valence-electron chi connectivity index (χ3n) is 3.64. The maximum absolute atomic E-state index is 11.9. The van der Waals surface area contributed by atoms with E-state index >= 15 is 0 Å². The number of piperidine rings is 1. The first-order valence-corrected chi connectivity index (χ1v) is 6.20. The van der Waals surface area contributed by atoms with Gasteiger partial charge in [-0.15, -0.1) is 12.4 Å². The second-order valence-electron chi connectivity index (χ2n) is 5.09. The summed E-state index contributed by atoms with van der Waals surface area (Å²) in [5.41, 5.74) is 0. The lowest BCUT2D eigenvalue weighted by molar-refractivity contribution is -0.139. The molecule has 0 aromatic heterocycles. The molecular formula is C11H19ClF3N3O. The number of fused-ring (bicyclic) bond motifs is 1. The number of alkyl halides is 3. The Balaban J connectivity index is 0.00000180. The SMILES string of the molecule is Cl.O=C(CN1CCC2CNCC2C1)NCC(F)(F)F. The average Bonchev–Trinajstić information content (AvgIpc) is 2.72. The molecule has 2 fully saturated rings. The van der Waals surface area contributed by atoms with Crippen molar-refractivity contribution in [1.29, 1.82) is 0 Å². The largest absolute Gasteiger partial charge is 0.405 e. The van der Waals surface area contributed by atoms with Gasteiger partial charge in [0.1, 0.15) is 6.54 Å². The number of nitrogens with zero attached hydrogens (tertiary/aromatic N) is 1. The van der Waals surface area contributed by atoms with E-state index in [0.717, 1.165) is 32.6 Å². The highest BCUT2D eigenvalue weighted by molar-refractivity contribution is 5.85. The van der Waals surface area contributed by atoms with Crippen molar-refractivity contribution >= 4 is 18.3 Å². The van der Waals surface area contributed by atoms with Gasteiger partial charge in [-0.05, 0) is 37.9 Å². The van der Waals surface area contributed by atoms with Gasteiger partial charge in [0.2, 0.25) is 5.91 Å². The van der Waals surface area contributed by atoms with Crippen molar-refractivity contribution in [3.63, 3.8) is 0 Å². The van der Waals surface area contributed by atoms with Crippen LogP contribution in [-0.2, 0) is 4.79 Å². The second kappa shape index (κ2) is 6.76. The number of carbonyl (C=O) groups is 1. The minimum atomic E-state index is -4.34. The van der Waals surface area contributed by atoms with Crippen molar-refractivity contribution < 1.29 is 18.0 Å². The van der Waals surface area contributed by atoms with Crippen molar-refractivity contribution in [3.8, 4) is 0 Å². The molecule has 8 heteroatoms. The predicted octanol–water partition coefficient (Wildman–Crippen LogP) is 0.628. The van der Waals surface area contributed by atoms with Crippen LogP contribution in [0.25, 0.3) is 0 Å². The van der Waals surface area contributed by atoms with Crippen LogP contribution in [0, 0.1) is 11.8 Å². The van der Waals surface area contributed by atoms with Gasteiger partial charge in [-0.2, -0.15) is 13.2 Å². The van der Waals surface area contributed by atoms with Gasteiger partial charge in [0.25, 0.3) is 0 Å². The number of rotatable bonds is 3. The van der Waals surface area contributed by atoms with E-state index in [0.29, 0.717) is 11.8 Å². The molecule has 4 nitrogen and oxygen atoms in total. The standard InChI is InChI=1S/C11H18F3N3O.ClH/c12-11(13,14)7-16-10(18)6-17-2-1-8-3-15-4-9(8)5-17;/h8-9,15H,1-7H2,(H,16,18);1H. The number of amides is 1. The fraction of sp³-hybridized carbons (Fsp3) is 0.909. The lowest BCUT2D eigenvalue weighted by atomic mass is 9.89. The molecule has 2 saturated heterocycles. The molecule has 0 radical (unpaired) electrons. The topological polar surface area (TPSA) is 44.4 Å². The van der Waals surface area contributed by atoms with Gasteiger partial charge < -0.3 is 10.6 Å². The summed E-state index contributed by atoms with van der Waals surface area (Å²) >= 11 is 0. The van der Waals surface area contributed by atoms with Crippen LogP contribution in [0.15, 0.2) is 0 Å². The molecule has 0 aromatic rings. The van der Waals surface area contributed by atoms with Crippen molar-refractivity contribution in [2.75, 3.05) is 39.3 Å². The van der Waals surface area contributed by atoms with E-state index in [1.807, 2.05) is 10.2 Å². The minimum absolute atomic E-state index is 0. The smallest absolute Gasteiger partial charge is 0.346 e. The van der Waals surface area contributed by atoms with E-state index in [4.69, 9.17) is 0 Å². The van der Waals surface area contributed by atoms with Crippen LogP contribution in [0.1, 0.15) is 6.42 Å². The van der Waals surface area contributed by atoms with Gasteiger partial charge in [-0.1, -0.05) is 0 Å². The first kappa shape index (κ1) is 16.5. The van der Waals surface area contributed by atoms with E-state index in [1.54, 1.807) is 0 Å². The second-order valence-corrected chi connectivity index (χ2v) is 5.09. The Hall–Kier alpha value is -0.530. The van der Waals surface area contributed by atoms with Crippen LogP contribution in [-0.4, -0.2) is 56.3 Å². The third kappa shape index (κ3) is 5.16. The molecule has 2 aliphatic heterocycles. The van der Waals surface area contributed by atoms with Crippen LogP contribution in [0.5, 0.6) is 0 Å². The summed E-state index contributed by atoms with van der Waals surface area (Å²) in [4.78, 5) is 13.3. The van der Waals surface area contributed by atoms with E-state index in [-0.39, 0.29) is 19.0 Å². The zero-order valence-electron chi connectivity index (χ0n) is 10.5. The molecule has 2 aliphatic rings. The first-order chi connectivity index (χ1) is 8.44. The molecule has 2 heterocycles. The van der Waals surface area contributed by atoms with E-state index in [2.05, 4.69) is 5.32 Å². The molecule has 2 rings (SSSR count). The lowest BCUT2D eigenvalue weighted by Gasteiger charge is -2.33. The highest BCUT2D eigenvalue weighted by Crippen LogP contribution is 2.26. The van der Waals surface area contributed by atoms with Crippen molar-refractivity contribution in [2.45, 2.75) is 12.6 Å². The Labute approximate surface area is 116 Å². The van der Waals surface area contributed by atoms with Crippen LogP contribution in [0.3, 0.4) is 0 Å². The van der Waals surface area contributed by atoms with Crippen molar-refractivity contribution in [2.24, 2.45) is 11.8 Å². The van der Waals surface area contributed by atoms with Gasteiger partial charge in [-0.25, -0.2) is 0 Å². The van der Waals surface area contributed by atoms with Crippen LogP contribution in [0.4, 0.5) is 13.2 Å². The molecule has 0 spiro atoms. The van der Waals surface area contributed by atoms with E-state index in [9.17, 15) is 18.0 Å². The van der Waals surface area contributed by atoms with Crippen LogP contribution >= 0.6 is 12.4 Å². The number of nitrogens with one attached hydrogen (secondary N) is 2. The molecule has 19 heavy (non-hydrogen) atoms. The fourth-order valence-corrected chi connectivity index (χ4v) is 2.71. The van der Waals surface area contributed by atoms with Gasteiger partial charge in [-0.3, -0.25) is 9.69 Å². The summed E-state index contributed by atoms with van der Waals surface area (Å²) in [5, 5.41) is 5.22. The van der Waals surface area contributed by atoms with Crippen LogP contribution in [0.2, 0.25) is 0 Å². The Kier molecular flexibility index (Phi) is 5.88. The van der Waals surface area contributed by atoms with Crippen molar-refractivity contribution in [1.82, 2.24) is 15.5 Å². The van der Waals surface area contributed by atoms with Crippen molar-refractivity contribution in [3.05, 3.63) is 0 Å². The maximum Gasteiger partial charge on any atom is 0.405 e. The average molecular weight is 302 g/mol. The van der Waals surface area contributed by atoms with Gasteiger partial charge in [0.15, 0.2) is 0 Å².